The van der Waals surface area contributed by atoms with Gasteiger partial charge in [-0.2, -0.15) is 0 Å². The zero-order valence-corrected chi connectivity index (χ0v) is 28.3. The second kappa shape index (κ2) is 11.9. The van der Waals surface area contributed by atoms with Gasteiger partial charge in [0, 0.05) is 74.4 Å². The molecule has 5 aliphatic rings. The fourth-order valence-corrected chi connectivity index (χ4v) is 9.75. The zero-order chi connectivity index (χ0) is 30.7. The topological polar surface area (TPSA) is 13.0 Å². The summed E-state index contributed by atoms with van der Waals surface area (Å²) >= 11 is 0. The largest absolute Gasteiger partial charge is 0.378 e. The lowest BCUT2D eigenvalue weighted by Crippen LogP contribution is -2.64. The summed E-state index contributed by atoms with van der Waals surface area (Å²) in [5.74, 6) is 0.690. The van der Waals surface area contributed by atoms with E-state index in [0.29, 0.717) is 18.0 Å². The summed E-state index contributed by atoms with van der Waals surface area (Å²) in [7, 11) is 8.79. The Hall–Kier alpha value is -3.08. The van der Waals surface area contributed by atoms with Crippen LogP contribution in [0.4, 0.5) is 34.1 Å². The Morgan fingerprint density at radius 3 is 1.36 bits per heavy atom. The molecule has 0 aromatic heterocycles. The average Bonchev–Trinajstić information content (AvgIpc) is 3.08. The summed E-state index contributed by atoms with van der Waals surface area (Å²) in [5, 5.41) is 0. The molecule has 5 heteroatoms. The normalized spacial score (nSPS) is 20.5. The Bertz CT molecular complexity index is 1440. The van der Waals surface area contributed by atoms with Gasteiger partial charge in [0.2, 0.25) is 0 Å². The van der Waals surface area contributed by atoms with Crippen LogP contribution in [-0.4, -0.2) is 47.0 Å². The van der Waals surface area contributed by atoms with E-state index in [2.05, 4.69) is 96.3 Å². The summed E-state index contributed by atoms with van der Waals surface area (Å²) in [5.41, 5.74) is 14.8. The molecule has 0 bridgehead atoms. The third-order valence-corrected chi connectivity index (χ3v) is 12.1. The van der Waals surface area contributed by atoms with E-state index in [0.717, 1.165) is 0 Å². The molecule has 3 fully saturated rings. The monoisotopic (exact) mass is 600 g/mol. The van der Waals surface area contributed by atoms with Gasteiger partial charge in [-0.05, 0) is 115 Å². The smallest absolute Gasteiger partial charge is 0.252 e. The second-order valence-corrected chi connectivity index (χ2v) is 15.3. The van der Waals surface area contributed by atoms with E-state index in [1.807, 2.05) is 0 Å². The molecule has 4 nitrogen and oxygen atoms in total. The number of fused-ring (bicyclic) bond motifs is 4. The number of hydrogen-bond donors (Lipinski definition) is 0. The van der Waals surface area contributed by atoms with Gasteiger partial charge in [0.1, 0.15) is 0 Å². The number of anilines is 6. The molecule has 3 saturated carbocycles. The van der Waals surface area contributed by atoms with E-state index in [-0.39, 0.29) is 6.71 Å². The predicted molar refractivity (Wildman–Crippen MR) is 196 cm³/mol. The third-order valence-electron chi connectivity index (χ3n) is 12.1. The predicted octanol–water partition coefficient (Wildman–Crippen LogP) is 7.95. The molecule has 2 heterocycles. The van der Waals surface area contributed by atoms with Crippen LogP contribution in [0.25, 0.3) is 0 Å². The van der Waals surface area contributed by atoms with Crippen molar-refractivity contribution in [3.05, 3.63) is 54.1 Å². The first-order valence-corrected chi connectivity index (χ1v) is 18.4. The first-order chi connectivity index (χ1) is 22.0. The van der Waals surface area contributed by atoms with Crippen LogP contribution in [0.15, 0.2) is 48.5 Å². The van der Waals surface area contributed by atoms with Crippen molar-refractivity contribution in [2.24, 2.45) is 0 Å². The molecular weight excluding hydrogens is 547 g/mol. The van der Waals surface area contributed by atoms with Crippen molar-refractivity contribution < 1.29 is 0 Å². The maximum atomic E-state index is 2.87. The standard InChI is InChI=1S/C40H53BN4/c1-42(2)32-20-22-36-34(26-32)41-35-27-33(43(3)4)21-23-37(35)45(31-18-12-7-13-19-31)39-25-29(28-14-8-5-9-15-28)24-38(40(39)41)44(36)30-16-10-6-11-17-30/h20-28,30-31H,5-19H2,1-4H3. The molecule has 0 spiro atoms. The minimum absolute atomic E-state index is 0.250. The van der Waals surface area contributed by atoms with Crippen LogP contribution in [-0.2, 0) is 0 Å². The highest BCUT2D eigenvalue weighted by Crippen LogP contribution is 2.46. The van der Waals surface area contributed by atoms with Gasteiger partial charge in [-0.25, -0.2) is 0 Å². The fraction of sp³-hybridized carbons (Fsp3) is 0.550. The molecule has 0 N–H and O–H groups in total. The van der Waals surface area contributed by atoms with E-state index in [1.165, 1.54) is 141 Å². The second-order valence-electron chi connectivity index (χ2n) is 15.3. The van der Waals surface area contributed by atoms with Gasteiger partial charge in [-0.15, -0.1) is 0 Å². The molecular formula is C40H53BN4. The van der Waals surface area contributed by atoms with Crippen LogP contribution >= 0.6 is 0 Å². The highest BCUT2D eigenvalue weighted by atomic mass is 15.2. The SMILES string of the molecule is CN(C)c1ccc2c(c1)B1c3cc(N(C)C)ccc3N(C3CCCCC3)c3cc(C4CCCCC4)cc(c31)N2C1CCCCC1. The number of rotatable bonds is 5. The van der Waals surface area contributed by atoms with Crippen LogP contribution in [0.3, 0.4) is 0 Å². The van der Waals surface area contributed by atoms with E-state index >= 15 is 0 Å². The van der Waals surface area contributed by atoms with Gasteiger partial charge < -0.3 is 19.6 Å². The third kappa shape index (κ3) is 5.04. The Morgan fingerprint density at radius 2 is 0.933 bits per heavy atom. The van der Waals surface area contributed by atoms with Gasteiger partial charge in [0.25, 0.3) is 6.71 Å². The van der Waals surface area contributed by atoms with Crippen LogP contribution in [0.5, 0.6) is 0 Å². The van der Waals surface area contributed by atoms with E-state index in [9.17, 15) is 0 Å². The molecule has 3 aromatic rings. The van der Waals surface area contributed by atoms with E-state index in [4.69, 9.17) is 0 Å². The molecule has 0 saturated heterocycles. The molecule has 2 aliphatic heterocycles. The summed E-state index contributed by atoms with van der Waals surface area (Å²) in [6.45, 7) is 0.250. The van der Waals surface area contributed by atoms with Crippen LogP contribution in [0.2, 0.25) is 0 Å². The fourth-order valence-electron chi connectivity index (χ4n) is 9.75. The molecule has 236 valence electrons. The molecule has 3 aromatic carbocycles. The molecule has 0 unspecified atom stereocenters. The Morgan fingerprint density at radius 1 is 0.511 bits per heavy atom. The van der Waals surface area contributed by atoms with Crippen molar-refractivity contribution in [2.45, 2.75) is 114 Å². The van der Waals surface area contributed by atoms with Crippen molar-refractivity contribution in [1.82, 2.24) is 0 Å². The summed E-state index contributed by atoms with van der Waals surface area (Å²) in [6.07, 6.45) is 20.2. The zero-order valence-electron chi connectivity index (χ0n) is 28.3. The van der Waals surface area contributed by atoms with E-state index in [1.54, 1.807) is 11.0 Å². The molecule has 3 aliphatic carbocycles. The summed E-state index contributed by atoms with van der Waals surface area (Å²) in [4.78, 5) is 10.3. The number of hydrogen-bond acceptors (Lipinski definition) is 4. The average molecular weight is 601 g/mol. The lowest BCUT2D eigenvalue weighted by molar-refractivity contribution is 0.432. The molecule has 45 heavy (non-hydrogen) atoms. The summed E-state index contributed by atoms with van der Waals surface area (Å²) in [6, 6.07) is 21.4. The van der Waals surface area contributed by atoms with Crippen LogP contribution in [0, 0.1) is 0 Å². The van der Waals surface area contributed by atoms with Gasteiger partial charge in [0.15, 0.2) is 0 Å². The molecule has 0 radical (unpaired) electrons. The lowest BCUT2D eigenvalue weighted by atomic mass is 9.33. The van der Waals surface area contributed by atoms with Crippen molar-refractivity contribution >= 4 is 57.2 Å². The highest BCUT2D eigenvalue weighted by molar-refractivity contribution is 7.00. The first-order valence-electron chi connectivity index (χ1n) is 18.4. The van der Waals surface area contributed by atoms with Gasteiger partial charge in [-0.1, -0.05) is 57.8 Å². The van der Waals surface area contributed by atoms with Crippen molar-refractivity contribution in [3.8, 4) is 0 Å². The number of benzene rings is 3. The van der Waals surface area contributed by atoms with Crippen LogP contribution < -0.4 is 36.0 Å². The highest BCUT2D eigenvalue weighted by Gasteiger charge is 2.46. The Balaban J connectivity index is 1.43. The van der Waals surface area contributed by atoms with Crippen molar-refractivity contribution in [2.75, 3.05) is 47.8 Å². The molecule has 8 rings (SSSR count). The van der Waals surface area contributed by atoms with Gasteiger partial charge >= 0.3 is 0 Å². The summed E-state index contributed by atoms with van der Waals surface area (Å²) < 4.78 is 0. The Labute approximate surface area is 272 Å². The van der Waals surface area contributed by atoms with Gasteiger partial charge in [0.05, 0.1) is 0 Å². The minimum atomic E-state index is 0.250. The lowest BCUT2D eigenvalue weighted by Gasteiger charge is -2.50. The maximum absolute atomic E-state index is 2.87. The van der Waals surface area contributed by atoms with Crippen molar-refractivity contribution in [1.29, 1.82) is 0 Å². The quantitative estimate of drug-likeness (QED) is 0.276. The number of nitrogens with zero attached hydrogens (tertiary/aromatic N) is 4. The van der Waals surface area contributed by atoms with Gasteiger partial charge in [-0.3, -0.25) is 0 Å². The Kier molecular flexibility index (Phi) is 7.78. The molecule has 0 atom stereocenters. The molecule has 0 amide bonds. The van der Waals surface area contributed by atoms with E-state index < -0.39 is 0 Å². The maximum Gasteiger partial charge on any atom is 0.252 e. The minimum Gasteiger partial charge on any atom is -0.378 e. The van der Waals surface area contributed by atoms with Crippen molar-refractivity contribution in [3.63, 3.8) is 0 Å². The first kappa shape index (κ1) is 29.3. The van der Waals surface area contributed by atoms with Crippen LogP contribution in [0.1, 0.15) is 108 Å².